The van der Waals surface area contributed by atoms with Crippen LogP contribution in [0.1, 0.15) is 5.56 Å². The highest BCUT2D eigenvalue weighted by Gasteiger charge is 2.06. The van der Waals surface area contributed by atoms with E-state index >= 15 is 0 Å². The second-order valence-corrected chi connectivity index (χ2v) is 6.46. The Kier molecular flexibility index (Phi) is 5.33. The molecule has 0 saturated carbocycles. The fraction of sp³-hybridized carbons (Fsp3) is 0.0476. The van der Waals surface area contributed by atoms with Gasteiger partial charge in [-0.3, -0.25) is 0 Å². The van der Waals surface area contributed by atoms with Gasteiger partial charge < -0.3 is 16.0 Å². The Hall–Kier alpha value is -4.27. The van der Waals surface area contributed by atoms with E-state index in [-0.39, 0.29) is 5.82 Å². The number of rotatable bonds is 5. The fourth-order valence-electron chi connectivity index (χ4n) is 2.69. The zero-order valence-electron chi connectivity index (χ0n) is 16.0. The Balaban J connectivity index is 1.37. The third-order valence-electron chi connectivity index (χ3n) is 4.24. The van der Waals surface area contributed by atoms with Crippen LogP contribution in [0.2, 0.25) is 0 Å². The Morgan fingerprint density at radius 2 is 1.70 bits per heavy atom. The van der Waals surface area contributed by atoms with Gasteiger partial charge in [-0.05, 0) is 55.0 Å². The van der Waals surface area contributed by atoms with Crippen molar-refractivity contribution in [3.63, 3.8) is 0 Å². The smallest absolute Gasteiger partial charge is 0.323 e. The number of hydrogen-bond donors (Lipinski definition) is 3. The molecule has 3 N–H and O–H groups in total. The molecule has 0 aliphatic heterocycles. The lowest BCUT2D eigenvalue weighted by Crippen LogP contribution is -2.19. The molecular formula is C21H18FN7O. The van der Waals surface area contributed by atoms with Crippen molar-refractivity contribution >= 4 is 28.9 Å². The molecule has 0 aliphatic rings. The molecule has 30 heavy (non-hydrogen) atoms. The summed E-state index contributed by atoms with van der Waals surface area (Å²) in [5.41, 5.74) is 2.27. The predicted octanol–water partition coefficient (Wildman–Crippen LogP) is 4.50. The zero-order valence-corrected chi connectivity index (χ0v) is 16.0. The van der Waals surface area contributed by atoms with Gasteiger partial charge in [0.2, 0.25) is 0 Å². The van der Waals surface area contributed by atoms with Crippen LogP contribution in [0.25, 0.3) is 5.82 Å². The van der Waals surface area contributed by atoms with Crippen molar-refractivity contribution in [2.75, 3.05) is 16.0 Å². The first-order valence-corrected chi connectivity index (χ1v) is 9.10. The normalized spacial score (nSPS) is 10.5. The topological polar surface area (TPSA) is 96.8 Å². The van der Waals surface area contributed by atoms with Crippen LogP contribution in [0.15, 0.2) is 73.3 Å². The molecule has 4 rings (SSSR count). The summed E-state index contributed by atoms with van der Waals surface area (Å²) in [6.45, 7) is 1.66. The van der Waals surface area contributed by atoms with E-state index in [1.54, 1.807) is 66.5 Å². The van der Waals surface area contributed by atoms with Gasteiger partial charge >= 0.3 is 6.03 Å². The molecule has 8 nitrogen and oxygen atoms in total. The van der Waals surface area contributed by atoms with Crippen molar-refractivity contribution in [3.05, 3.63) is 84.7 Å². The van der Waals surface area contributed by atoms with Crippen LogP contribution in [-0.2, 0) is 0 Å². The second-order valence-electron chi connectivity index (χ2n) is 6.46. The van der Waals surface area contributed by atoms with Gasteiger partial charge in [0, 0.05) is 35.5 Å². The van der Waals surface area contributed by atoms with Crippen molar-refractivity contribution in [1.82, 2.24) is 19.7 Å². The lowest BCUT2D eigenvalue weighted by molar-refractivity contribution is 0.262. The molecule has 0 fully saturated rings. The van der Waals surface area contributed by atoms with Crippen LogP contribution >= 0.6 is 0 Å². The highest BCUT2D eigenvalue weighted by atomic mass is 19.1. The van der Waals surface area contributed by atoms with Crippen LogP contribution < -0.4 is 16.0 Å². The number of anilines is 4. The van der Waals surface area contributed by atoms with Gasteiger partial charge in [-0.25, -0.2) is 23.8 Å². The Labute approximate surface area is 171 Å². The quantitative estimate of drug-likeness (QED) is 0.456. The second kappa shape index (κ2) is 8.39. The van der Waals surface area contributed by atoms with Crippen LogP contribution in [0.3, 0.4) is 0 Å². The molecule has 0 radical (unpaired) electrons. The number of amides is 2. The minimum atomic E-state index is -0.460. The fourth-order valence-corrected chi connectivity index (χ4v) is 2.69. The number of benzene rings is 2. The molecule has 0 spiro atoms. The van der Waals surface area contributed by atoms with E-state index in [9.17, 15) is 9.18 Å². The van der Waals surface area contributed by atoms with Gasteiger partial charge in [0.05, 0.1) is 0 Å². The van der Waals surface area contributed by atoms with Crippen LogP contribution in [0.5, 0.6) is 0 Å². The molecule has 150 valence electrons. The lowest BCUT2D eigenvalue weighted by Gasteiger charge is -2.10. The molecule has 2 aromatic heterocycles. The Morgan fingerprint density at radius 1 is 0.967 bits per heavy atom. The summed E-state index contributed by atoms with van der Waals surface area (Å²) in [6.07, 6.45) is 4.92. The van der Waals surface area contributed by atoms with Crippen LogP contribution in [0.4, 0.5) is 32.1 Å². The van der Waals surface area contributed by atoms with E-state index in [0.717, 1.165) is 5.69 Å². The minimum absolute atomic E-state index is 0.372. The molecule has 0 atom stereocenters. The molecule has 2 amide bonds. The maximum Gasteiger partial charge on any atom is 0.323 e. The number of urea groups is 1. The van der Waals surface area contributed by atoms with Gasteiger partial charge in [0.25, 0.3) is 0 Å². The van der Waals surface area contributed by atoms with E-state index < -0.39 is 6.03 Å². The summed E-state index contributed by atoms with van der Waals surface area (Å²) in [5, 5.41) is 12.6. The minimum Gasteiger partial charge on any atom is -0.340 e. The van der Waals surface area contributed by atoms with E-state index in [1.807, 2.05) is 6.07 Å². The molecule has 2 heterocycles. The number of nitrogens with one attached hydrogen (secondary N) is 3. The highest BCUT2D eigenvalue weighted by Crippen LogP contribution is 2.19. The van der Waals surface area contributed by atoms with Gasteiger partial charge in [0.15, 0.2) is 5.82 Å². The van der Waals surface area contributed by atoms with Gasteiger partial charge in [-0.1, -0.05) is 6.07 Å². The first kappa shape index (κ1) is 19.1. The number of halogens is 1. The number of carbonyl (C=O) groups excluding carboxylic acids is 1. The number of nitrogens with zero attached hydrogens (tertiary/aromatic N) is 4. The lowest BCUT2D eigenvalue weighted by atomic mass is 10.2. The molecule has 4 aromatic rings. The largest absolute Gasteiger partial charge is 0.340 e. The van der Waals surface area contributed by atoms with Crippen molar-refractivity contribution in [2.45, 2.75) is 6.92 Å². The maximum absolute atomic E-state index is 13.6. The summed E-state index contributed by atoms with van der Waals surface area (Å²) in [5.74, 6) is 0.874. The first-order chi connectivity index (χ1) is 14.6. The molecule has 9 heteroatoms. The SMILES string of the molecule is Cc1ccc(NC(=O)Nc2ccc(Nc3cc(-n4cccn4)ncn3)cc2)cc1F. The molecule has 0 aliphatic carbocycles. The van der Waals surface area contributed by atoms with Crippen LogP contribution in [0, 0.1) is 12.7 Å². The van der Waals surface area contributed by atoms with Crippen molar-refractivity contribution < 1.29 is 9.18 Å². The van der Waals surface area contributed by atoms with E-state index in [0.29, 0.717) is 28.6 Å². The summed E-state index contributed by atoms with van der Waals surface area (Å²) in [7, 11) is 0. The summed E-state index contributed by atoms with van der Waals surface area (Å²) in [4.78, 5) is 20.5. The standard InChI is InChI=1S/C21H18FN7O/c1-14-3-4-17(11-18(14)22)28-21(30)27-16-7-5-15(6-8-16)26-19-12-20(24-13-23-19)29-10-2-9-25-29/h2-13H,1H3,(H,23,24,26)(H2,27,28,30). The molecule has 0 bridgehead atoms. The summed E-state index contributed by atoms with van der Waals surface area (Å²) < 4.78 is 15.2. The first-order valence-electron chi connectivity index (χ1n) is 9.10. The molecule has 0 saturated heterocycles. The van der Waals surface area contributed by atoms with Crippen molar-refractivity contribution in [1.29, 1.82) is 0 Å². The highest BCUT2D eigenvalue weighted by molar-refractivity contribution is 5.99. The van der Waals surface area contributed by atoms with Gasteiger partial charge in [-0.15, -0.1) is 0 Å². The average molecular weight is 403 g/mol. The monoisotopic (exact) mass is 403 g/mol. The van der Waals surface area contributed by atoms with Gasteiger partial charge in [-0.2, -0.15) is 5.10 Å². The maximum atomic E-state index is 13.6. The number of aryl methyl sites for hydroxylation is 1. The predicted molar refractivity (Wildman–Crippen MR) is 113 cm³/mol. The zero-order chi connectivity index (χ0) is 20.9. The van der Waals surface area contributed by atoms with Gasteiger partial charge in [0.1, 0.15) is 18.0 Å². The van der Waals surface area contributed by atoms with Crippen molar-refractivity contribution in [3.8, 4) is 5.82 Å². The average Bonchev–Trinajstić information content (AvgIpc) is 3.27. The number of aromatic nitrogens is 4. The third kappa shape index (κ3) is 4.58. The molecule has 2 aromatic carbocycles. The molecule has 0 unspecified atom stereocenters. The number of hydrogen-bond acceptors (Lipinski definition) is 5. The van der Waals surface area contributed by atoms with E-state index in [4.69, 9.17) is 0 Å². The van der Waals surface area contributed by atoms with Crippen molar-refractivity contribution in [2.24, 2.45) is 0 Å². The summed E-state index contributed by atoms with van der Waals surface area (Å²) in [6, 6.07) is 14.7. The van der Waals surface area contributed by atoms with E-state index in [1.165, 1.54) is 12.4 Å². The Morgan fingerprint density at radius 3 is 2.43 bits per heavy atom. The number of carbonyl (C=O) groups is 1. The summed E-state index contributed by atoms with van der Waals surface area (Å²) >= 11 is 0. The third-order valence-corrected chi connectivity index (χ3v) is 4.24. The molecular weight excluding hydrogens is 385 g/mol. The van der Waals surface area contributed by atoms with Crippen LogP contribution in [-0.4, -0.2) is 25.8 Å². The van der Waals surface area contributed by atoms with E-state index in [2.05, 4.69) is 31.0 Å². The Bertz CT molecular complexity index is 1160.